The molecule has 1 N–H and O–H groups in total. The number of benzene rings is 2. The highest BCUT2D eigenvalue weighted by atomic mass is 35.5. The molecule has 3 aromatic rings. The third-order valence-corrected chi connectivity index (χ3v) is 7.48. The summed E-state index contributed by atoms with van der Waals surface area (Å²) in [5.41, 5.74) is 2.84. The smallest absolute Gasteiger partial charge is 0.270 e. The number of halogens is 1. The number of nitrogens with one attached hydrogen (secondary N) is 1. The van der Waals surface area contributed by atoms with Gasteiger partial charge in [-0.1, -0.05) is 29.4 Å². The molecule has 1 aliphatic heterocycles. The van der Waals surface area contributed by atoms with Crippen LogP contribution in [-0.2, 0) is 9.59 Å². The van der Waals surface area contributed by atoms with Crippen molar-refractivity contribution in [2.75, 3.05) is 4.90 Å². The molecule has 2 amide bonds. The van der Waals surface area contributed by atoms with Gasteiger partial charge in [0, 0.05) is 14.8 Å². The van der Waals surface area contributed by atoms with Gasteiger partial charge >= 0.3 is 0 Å². The van der Waals surface area contributed by atoms with Crippen molar-refractivity contribution in [3.05, 3.63) is 81.2 Å². The van der Waals surface area contributed by atoms with Crippen molar-refractivity contribution in [2.24, 2.45) is 0 Å². The van der Waals surface area contributed by atoms with Crippen LogP contribution >= 0.6 is 46.9 Å². The quantitative estimate of drug-likeness (QED) is 0.280. The Labute approximate surface area is 198 Å². The summed E-state index contributed by atoms with van der Waals surface area (Å²) in [6, 6.07) is 17.1. The lowest BCUT2D eigenvalue weighted by molar-refractivity contribution is -0.122. The number of nitrogens with zero attached hydrogens (tertiary/aromatic N) is 1. The Morgan fingerprint density at radius 1 is 1.03 bits per heavy atom. The lowest BCUT2D eigenvalue weighted by atomic mass is 10.1. The van der Waals surface area contributed by atoms with Gasteiger partial charge in [-0.05, 0) is 91.8 Å². The summed E-state index contributed by atoms with van der Waals surface area (Å²) in [6.07, 6.45) is 1.62. The van der Waals surface area contributed by atoms with Crippen molar-refractivity contribution in [2.45, 2.75) is 23.0 Å². The molecule has 0 radical (unpaired) electrons. The van der Waals surface area contributed by atoms with Crippen LogP contribution in [0.3, 0.4) is 0 Å². The summed E-state index contributed by atoms with van der Waals surface area (Å²) in [7, 11) is 0. The first-order valence-corrected chi connectivity index (χ1v) is 11.8. The molecule has 0 unspecified atom stereocenters. The van der Waals surface area contributed by atoms with Gasteiger partial charge in [-0.3, -0.25) is 19.8 Å². The summed E-state index contributed by atoms with van der Waals surface area (Å²) in [5, 5.41) is 3.40. The number of amides is 2. The van der Waals surface area contributed by atoms with E-state index in [-0.39, 0.29) is 10.7 Å². The number of thiocarbonyl (C=S) groups is 1. The highest BCUT2D eigenvalue weighted by Gasteiger charge is 2.34. The Balaban J connectivity index is 1.60. The summed E-state index contributed by atoms with van der Waals surface area (Å²) < 4.78 is 1.04. The molecule has 0 spiro atoms. The molecule has 8 heteroatoms. The predicted molar refractivity (Wildman–Crippen MR) is 132 cm³/mol. The molecule has 31 heavy (non-hydrogen) atoms. The minimum absolute atomic E-state index is 0.0525. The highest BCUT2D eigenvalue weighted by Crippen LogP contribution is 2.35. The van der Waals surface area contributed by atoms with Crippen LogP contribution in [-0.4, -0.2) is 16.9 Å². The number of rotatable bonds is 4. The van der Waals surface area contributed by atoms with Gasteiger partial charge in [-0.25, -0.2) is 0 Å². The maximum absolute atomic E-state index is 13.2. The number of carbonyl (C=O) groups is 2. The molecule has 156 valence electrons. The van der Waals surface area contributed by atoms with E-state index in [1.54, 1.807) is 17.8 Å². The lowest BCUT2D eigenvalue weighted by Crippen LogP contribution is -2.54. The van der Waals surface area contributed by atoms with E-state index in [9.17, 15) is 9.59 Å². The summed E-state index contributed by atoms with van der Waals surface area (Å²) in [5.74, 6) is -0.923. The van der Waals surface area contributed by atoms with E-state index in [0.717, 1.165) is 25.1 Å². The standard InChI is InChI=1S/C23H17ClN2O2S3/c1-13-3-6-16(11-14(13)2)26-22(28)19(21(27)25-23(26)29)12-18-9-10-20(31-18)30-17-7-4-15(24)5-8-17/h3-12H,1-2H3,(H,25,27,29)/b19-12+. The Hall–Kier alpha value is -2.45. The van der Waals surface area contributed by atoms with Crippen LogP contribution in [0.1, 0.15) is 16.0 Å². The number of hydrogen-bond donors (Lipinski definition) is 1. The molecule has 1 fully saturated rings. The van der Waals surface area contributed by atoms with Crippen LogP contribution in [0, 0.1) is 13.8 Å². The Morgan fingerprint density at radius 3 is 2.48 bits per heavy atom. The maximum Gasteiger partial charge on any atom is 0.270 e. The van der Waals surface area contributed by atoms with E-state index >= 15 is 0 Å². The van der Waals surface area contributed by atoms with Crippen molar-refractivity contribution in [3.63, 3.8) is 0 Å². The maximum atomic E-state index is 13.2. The first-order valence-electron chi connectivity index (χ1n) is 9.34. The first kappa shape index (κ1) is 21.8. The summed E-state index contributed by atoms with van der Waals surface area (Å²) >= 11 is 14.3. The topological polar surface area (TPSA) is 49.4 Å². The van der Waals surface area contributed by atoms with Gasteiger partial charge in [0.2, 0.25) is 0 Å². The lowest BCUT2D eigenvalue weighted by Gasteiger charge is -2.29. The molecular formula is C23H17ClN2O2S3. The van der Waals surface area contributed by atoms with Crippen molar-refractivity contribution < 1.29 is 9.59 Å². The van der Waals surface area contributed by atoms with E-state index in [1.807, 2.05) is 68.4 Å². The van der Waals surface area contributed by atoms with Gasteiger partial charge in [0.05, 0.1) is 9.90 Å². The van der Waals surface area contributed by atoms with E-state index in [2.05, 4.69) is 5.32 Å². The Bertz CT molecular complexity index is 1230. The largest absolute Gasteiger partial charge is 0.298 e. The average molecular weight is 485 g/mol. The molecule has 1 aromatic heterocycles. The third-order valence-electron chi connectivity index (χ3n) is 4.77. The minimum atomic E-state index is -0.490. The molecule has 0 aliphatic carbocycles. The zero-order valence-electron chi connectivity index (χ0n) is 16.6. The van der Waals surface area contributed by atoms with Gasteiger partial charge in [0.1, 0.15) is 5.57 Å². The number of aryl methyl sites for hydroxylation is 2. The Morgan fingerprint density at radius 2 is 1.77 bits per heavy atom. The van der Waals surface area contributed by atoms with Crippen LogP contribution in [0.4, 0.5) is 5.69 Å². The van der Waals surface area contributed by atoms with Gasteiger partial charge < -0.3 is 0 Å². The van der Waals surface area contributed by atoms with Crippen LogP contribution < -0.4 is 10.2 Å². The van der Waals surface area contributed by atoms with E-state index < -0.39 is 11.8 Å². The Kier molecular flexibility index (Phi) is 6.29. The molecule has 1 saturated heterocycles. The molecule has 1 aliphatic rings. The highest BCUT2D eigenvalue weighted by molar-refractivity contribution is 8.01. The van der Waals surface area contributed by atoms with Crippen molar-refractivity contribution in [1.29, 1.82) is 0 Å². The van der Waals surface area contributed by atoms with Gasteiger partial charge in [0.25, 0.3) is 11.8 Å². The van der Waals surface area contributed by atoms with Crippen LogP contribution in [0.25, 0.3) is 6.08 Å². The van der Waals surface area contributed by atoms with Crippen molar-refractivity contribution >= 4 is 75.6 Å². The number of thiophene rings is 1. The van der Waals surface area contributed by atoms with Crippen LogP contribution in [0.15, 0.2) is 69.3 Å². The summed E-state index contributed by atoms with van der Waals surface area (Å²) in [4.78, 5) is 28.9. The second-order valence-electron chi connectivity index (χ2n) is 6.94. The van der Waals surface area contributed by atoms with E-state index in [0.29, 0.717) is 10.7 Å². The first-order chi connectivity index (χ1) is 14.8. The SMILES string of the molecule is Cc1ccc(N2C(=O)/C(=C/c3ccc(Sc4ccc(Cl)cc4)s3)C(=O)NC2=S)cc1C. The molecule has 2 heterocycles. The van der Waals surface area contributed by atoms with Crippen molar-refractivity contribution in [1.82, 2.24) is 5.32 Å². The second-order valence-corrected chi connectivity index (χ2v) is 10.3. The normalized spacial score (nSPS) is 15.5. The fourth-order valence-electron chi connectivity index (χ4n) is 2.98. The second kappa shape index (κ2) is 8.96. The molecule has 0 saturated carbocycles. The van der Waals surface area contributed by atoms with Gasteiger partial charge in [-0.2, -0.15) is 0 Å². The van der Waals surface area contributed by atoms with Crippen LogP contribution in [0.5, 0.6) is 0 Å². The predicted octanol–water partition coefficient (Wildman–Crippen LogP) is 6.00. The van der Waals surface area contributed by atoms with Gasteiger partial charge in [-0.15, -0.1) is 11.3 Å². The molecule has 4 nitrogen and oxygen atoms in total. The molecule has 0 atom stereocenters. The zero-order chi connectivity index (χ0) is 22.1. The molecule has 0 bridgehead atoms. The van der Waals surface area contributed by atoms with Crippen molar-refractivity contribution in [3.8, 4) is 0 Å². The number of hydrogen-bond acceptors (Lipinski definition) is 5. The van der Waals surface area contributed by atoms with E-state index in [4.69, 9.17) is 23.8 Å². The summed E-state index contributed by atoms with van der Waals surface area (Å²) in [6.45, 7) is 3.97. The molecular weight excluding hydrogens is 468 g/mol. The molecule has 4 rings (SSSR count). The number of anilines is 1. The third kappa shape index (κ3) is 4.75. The van der Waals surface area contributed by atoms with Gasteiger partial charge in [0.15, 0.2) is 5.11 Å². The fourth-order valence-corrected chi connectivity index (χ4v) is 5.46. The fraction of sp³-hybridized carbons (Fsp3) is 0.0870. The van der Waals surface area contributed by atoms with E-state index in [1.165, 1.54) is 16.2 Å². The zero-order valence-corrected chi connectivity index (χ0v) is 19.8. The monoisotopic (exact) mass is 484 g/mol. The minimum Gasteiger partial charge on any atom is -0.298 e. The van der Waals surface area contributed by atoms with Crippen LogP contribution in [0.2, 0.25) is 5.02 Å². The average Bonchev–Trinajstić information content (AvgIpc) is 3.16. The number of carbonyl (C=O) groups excluding carboxylic acids is 2. The molecule has 2 aromatic carbocycles.